The number of amides is 1. The van der Waals surface area contributed by atoms with Crippen molar-refractivity contribution in [3.8, 4) is 0 Å². The van der Waals surface area contributed by atoms with E-state index >= 15 is 0 Å². The fraction of sp³-hybridized carbons (Fsp3) is 0.368. The van der Waals surface area contributed by atoms with E-state index in [2.05, 4.69) is 45.6 Å². The summed E-state index contributed by atoms with van der Waals surface area (Å²) >= 11 is 0. The van der Waals surface area contributed by atoms with Crippen LogP contribution in [0.4, 0.5) is 0 Å². The molecular weight excluding hydrogens is 314 g/mol. The molecule has 4 rings (SSSR count). The van der Waals surface area contributed by atoms with Crippen LogP contribution in [0.25, 0.3) is 5.65 Å². The number of hydrogen-bond acceptors (Lipinski definition) is 3. The van der Waals surface area contributed by atoms with Gasteiger partial charge in [0.25, 0.3) is 5.91 Å². The molecule has 6 nitrogen and oxygen atoms in total. The van der Waals surface area contributed by atoms with Crippen molar-refractivity contribution in [3.05, 3.63) is 60.0 Å². The molecule has 1 aromatic carbocycles. The first-order chi connectivity index (χ1) is 12.2. The Morgan fingerprint density at radius 3 is 2.96 bits per heavy atom. The second-order valence-electron chi connectivity index (χ2n) is 6.69. The number of likely N-dealkylation sites (tertiary alicyclic amines) is 1. The van der Waals surface area contributed by atoms with Gasteiger partial charge in [0.05, 0.1) is 6.20 Å². The molecule has 1 aliphatic heterocycles. The number of aromatic nitrogens is 3. The van der Waals surface area contributed by atoms with Gasteiger partial charge in [0.2, 0.25) is 0 Å². The standard InChI is InChI=1S/C19H23N5O/c1-22-11-12-24-19(22)17(13-21-24)18(25)20-8-10-23-9-7-16(14-23)15-5-3-2-4-6-15/h2-6,11-13,16H,7-10,14H2,1H3,(H,20,25). The maximum absolute atomic E-state index is 12.4. The summed E-state index contributed by atoms with van der Waals surface area (Å²) in [4.78, 5) is 14.9. The number of fused-ring (bicyclic) bond motifs is 1. The molecule has 0 spiro atoms. The van der Waals surface area contributed by atoms with E-state index in [1.165, 1.54) is 12.0 Å². The van der Waals surface area contributed by atoms with Crippen molar-refractivity contribution in [2.75, 3.05) is 26.2 Å². The molecule has 6 heteroatoms. The lowest BCUT2D eigenvalue weighted by atomic mass is 9.99. The highest BCUT2D eigenvalue weighted by atomic mass is 16.1. The van der Waals surface area contributed by atoms with Crippen LogP contribution in [0.3, 0.4) is 0 Å². The van der Waals surface area contributed by atoms with Crippen molar-refractivity contribution in [3.63, 3.8) is 0 Å². The average molecular weight is 337 g/mol. The first-order valence-electron chi connectivity index (χ1n) is 8.76. The molecule has 3 aromatic rings. The molecule has 1 unspecified atom stereocenters. The van der Waals surface area contributed by atoms with E-state index < -0.39 is 0 Å². The number of nitrogens with zero attached hydrogens (tertiary/aromatic N) is 4. The van der Waals surface area contributed by atoms with Gasteiger partial charge in [0.1, 0.15) is 11.2 Å². The summed E-state index contributed by atoms with van der Waals surface area (Å²) in [6.45, 7) is 3.69. The number of aryl methyl sites for hydroxylation is 1. The van der Waals surface area contributed by atoms with Crippen molar-refractivity contribution in [1.82, 2.24) is 24.4 Å². The number of carbonyl (C=O) groups excluding carboxylic acids is 1. The zero-order chi connectivity index (χ0) is 17.2. The molecule has 1 fully saturated rings. The second kappa shape index (κ2) is 6.72. The minimum atomic E-state index is -0.0596. The molecule has 25 heavy (non-hydrogen) atoms. The van der Waals surface area contributed by atoms with E-state index in [0.717, 1.165) is 25.3 Å². The molecule has 3 heterocycles. The summed E-state index contributed by atoms with van der Waals surface area (Å²) in [5.74, 6) is 0.547. The molecule has 0 saturated carbocycles. The fourth-order valence-corrected chi connectivity index (χ4v) is 3.67. The van der Waals surface area contributed by atoms with Gasteiger partial charge in [-0.1, -0.05) is 30.3 Å². The summed E-state index contributed by atoms with van der Waals surface area (Å²) in [6.07, 6.45) is 6.56. The van der Waals surface area contributed by atoms with Crippen molar-refractivity contribution in [2.45, 2.75) is 12.3 Å². The van der Waals surface area contributed by atoms with Crippen LogP contribution in [0, 0.1) is 0 Å². The topological polar surface area (TPSA) is 54.6 Å². The summed E-state index contributed by atoms with van der Waals surface area (Å²) < 4.78 is 3.63. The highest BCUT2D eigenvalue weighted by Crippen LogP contribution is 2.26. The molecule has 1 aliphatic rings. The Hall–Kier alpha value is -2.60. The lowest BCUT2D eigenvalue weighted by Gasteiger charge is -2.16. The van der Waals surface area contributed by atoms with E-state index in [4.69, 9.17) is 0 Å². The van der Waals surface area contributed by atoms with E-state index in [1.54, 1.807) is 10.7 Å². The molecule has 1 atom stereocenters. The van der Waals surface area contributed by atoms with Gasteiger partial charge in [-0.15, -0.1) is 0 Å². The SMILES string of the molecule is Cn1ccn2ncc(C(=O)NCCN3CCC(c4ccccc4)C3)c12. The number of carbonyl (C=O) groups is 1. The van der Waals surface area contributed by atoms with Crippen LogP contribution in [-0.4, -0.2) is 51.2 Å². The maximum Gasteiger partial charge on any atom is 0.256 e. The summed E-state index contributed by atoms with van der Waals surface area (Å²) in [5.41, 5.74) is 2.86. The van der Waals surface area contributed by atoms with E-state index in [0.29, 0.717) is 18.0 Å². The number of rotatable bonds is 5. The predicted octanol–water partition coefficient (Wildman–Crippen LogP) is 1.89. The smallest absolute Gasteiger partial charge is 0.256 e. The van der Waals surface area contributed by atoms with E-state index in [1.807, 2.05) is 24.0 Å². The van der Waals surface area contributed by atoms with Crippen molar-refractivity contribution in [2.24, 2.45) is 7.05 Å². The molecule has 2 aromatic heterocycles. The van der Waals surface area contributed by atoms with Gasteiger partial charge < -0.3 is 14.8 Å². The van der Waals surface area contributed by atoms with Crippen LogP contribution in [0.15, 0.2) is 48.9 Å². The fourth-order valence-electron chi connectivity index (χ4n) is 3.67. The van der Waals surface area contributed by atoms with Crippen LogP contribution in [0.5, 0.6) is 0 Å². The number of imidazole rings is 1. The van der Waals surface area contributed by atoms with Crippen LogP contribution < -0.4 is 5.32 Å². The summed E-state index contributed by atoms with van der Waals surface area (Å²) in [5, 5.41) is 7.24. The Morgan fingerprint density at radius 1 is 1.28 bits per heavy atom. The van der Waals surface area contributed by atoms with Gasteiger partial charge >= 0.3 is 0 Å². The van der Waals surface area contributed by atoms with Crippen LogP contribution >= 0.6 is 0 Å². The molecule has 0 bridgehead atoms. The molecule has 0 aliphatic carbocycles. The Labute approximate surface area is 147 Å². The second-order valence-corrected chi connectivity index (χ2v) is 6.69. The lowest BCUT2D eigenvalue weighted by molar-refractivity contribution is 0.0951. The van der Waals surface area contributed by atoms with Gasteiger partial charge in [-0.25, -0.2) is 4.52 Å². The predicted molar refractivity (Wildman–Crippen MR) is 96.7 cm³/mol. The van der Waals surface area contributed by atoms with Gasteiger partial charge in [0, 0.05) is 39.1 Å². The quantitative estimate of drug-likeness (QED) is 0.774. The number of benzene rings is 1. The minimum Gasteiger partial charge on any atom is -0.351 e. The van der Waals surface area contributed by atoms with Crippen molar-refractivity contribution in [1.29, 1.82) is 0 Å². The number of nitrogens with one attached hydrogen (secondary N) is 1. The highest BCUT2D eigenvalue weighted by Gasteiger charge is 2.23. The molecule has 1 amide bonds. The largest absolute Gasteiger partial charge is 0.351 e. The van der Waals surface area contributed by atoms with Crippen LogP contribution in [0.2, 0.25) is 0 Å². The van der Waals surface area contributed by atoms with Gasteiger partial charge in [-0.3, -0.25) is 4.79 Å². The molecule has 0 radical (unpaired) electrons. The normalized spacial score (nSPS) is 18.0. The first kappa shape index (κ1) is 15.9. The third-order valence-corrected chi connectivity index (χ3v) is 5.04. The van der Waals surface area contributed by atoms with Gasteiger partial charge in [0.15, 0.2) is 0 Å². The van der Waals surface area contributed by atoms with Gasteiger partial charge in [-0.05, 0) is 24.4 Å². The third kappa shape index (κ3) is 3.17. The van der Waals surface area contributed by atoms with E-state index in [-0.39, 0.29) is 5.91 Å². The van der Waals surface area contributed by atoms with Crippen LogP contribution in [0.1, 0.15) is 28.3 Å². The molecular formula is C19H23N5O. The summed E-state index contributed by atoms with van der Waals surface area (Å²) in [6, 6.07) is 10.7. The Balaban J connectivity index is 1.30. The monoisotopic (exact) mass is 337 g/mol. The Bertz CT molecular complexity index is 866. The highest BCUT2D eigenvalue weighted by molar-refractivity contribution is 5.99. The maximum atomic E-state index is 12.4. The first-order valence-corrected chi connectivity index (χ1v) is 8.76. The van der Waals surface area contributed by atoms with Crippen LogP contribution in [-0.2, 0) is 7.05 Å². The van der Waals surface area contributed by atoms with Crippen molar-refractivity contribution >= 4 is 11.6 Å². The average Bonchev–Trinajstić information content (AvgIpc) is 3.34. The Morgan fingerprint density at radius 2 is 2.12 bits per heavy atom. The van der Waals surface area contributed by atoms with E-state index in [9.17, 15) is 4.79 Å². The summed E-state index contributed by atoms with van der Waals surface area (Å²) in [7, 11) is 1.92. The third-order valence-electron chi connectivity index (χ3n) is 5.04. The molecule has 1 N–H and O–H groups in total. The minimum absolute atomic E-state index is 0.0596. The number of hydrogen-bond donors (Lipinski definition) is 1. The molecule has 130 valence electrons. The lowest BCUT2D eigenvalue weighted by Crippen LogP contribution is -2.33. The molecule has 1 saturated heterocycles. The zero-order valence-corrected chi connectivity index (χ0v) is 14.4. The zero-order valence-electron chi connectivity index (χ0n) is 14.4. The van der Waals surface area contributed by atoms with Gasteiger partial charge in [-0.2, -0.15) is 5.10 Å². The van der Waals surface area contributed by atoms with Crippen molar-refractivity contribution < 1.29 is 4.79 Å². The Kier molecular flexibility index (Phi) is 4.28.